The SMILES string of the molecule is CC(N)(C(=O)N1CCN(C2CCC2)CC1)c1ccc(Br)cc1. The van der Waals surface area contributed by atoms with E-state index in [0.717, 1.165) is 42.3 Å². The Hall–Kier alpha value is -0.910. The van der Waals surface area contributed by atoms with E-state index < -0.39 is 5.54 Å². The van der Waals surface area contributed by atoms with Crippen LogP contribution in [0.2, 0.25) is 0 Å². The van der Waals surface area contributed by atoms with Gasteiger partial charge in [-0.2, -0.15) is 0 Å². The molecule has 1 atom stereocenters. The Labute approximate surface area is 140 Å². The summed E-state index contributed by atoms with van der Waals surface area (Å²) in [4.78, 5) is 17.3. The van der Waals surface area contributed by atoms with Crippen LogP contribution in [0.1, 0.15) is 31.7 Å². The van der Waals surface area contributed by atoms with E-state index in [0.29, 0.717) is 0 Å². The number of hydrogen-bond donors (Lipinski definition) is 1. The maximum absolute atomic E-state index is 12.8. The summed E-state index contributed by atoms with van der Waals surface area (Å²) in [6.07, 6.45) is 4.00. The van der Waals surface area contributed by atoms with Crippen LogP contribution in [-0.2, 0) is 10.3 Å². The summed E-state index contributed by atoms with van der Waals surface area (Å²) in [5, 5.41) is 0. The second-order valence-electron chi connectivity index (χ2n) is 6.62. The van der Waals surface area contributed by atoms with E-state index in [1.54, 1.807) is 0 Å². The third-order valence-corrected chi connectivity index (χ3v) is 5.61. The molecule has 5 heteroatoms. The summed E-state index contributed by atoms with van der Waals surface area (Å²) in [6, 6.07) is 8.47. The van der Waals surface area contributed by atoms with Gasteiger partial charge < -0.3 is 10.6 Å². The summed E-state index contributed by atoms with van der Waals surface area (Å²) in [7, 11) is 0. The zero-order chi connectivity index (χ0) is 15.7. The third kappa shape index (κ3) is 3.07. The van der Waals surface area contributed by atoms with Crippen LogP contribution < -0.4 is 5.73 Å². The first kappa shape index (κ1) is 16.0. The van der Waals surface area contributed by atoms with Crippen molar-refractivity contribution in [2.75, 3.05) is 26.2 Å². The molecule has 2 fully saturated rings. The monoisotopic (exact) mass is 365 g/mol. The van der Waals surface area contributed by atoms with Gasteiger partial charge in [0.25, 0.3) is 0 Å². The van der Waals surface area contributed by atoms with Crippen molar-refractivity contribution in [1.29, 1.82) is 0 Å². The number of amides is 1. The van der Waals surface area contributed by atoms with Gasteiger partial charge in [0.15, 0.2) is 0 Å². The number of carbonyl (C=O) groups is 1. The Kier molecular flexibility index (Phi) is 4.57. The molecule has 1 heterocycles. The first-order chi connectivity index (χ1) is 10.5. The van der Waals surface area contributed by atoms with Crippen molar-refractivity contribution in [1.82, 2.24) is 9.80 Å². The van der Waals surface area contributed by atoms with Crippen molar-refractivity contribution in [3.63, 3.8) is 0 Å². The highest BCUT2D eigenvalue weighted by Gasteiger charge is 2.37. The zero-order valence-corrected chi connectivity index (χ0v) is 14.7. The van der Waals surface area contributed by atoms with Crippen LogP contribution in [0.4, 0.5) is 0 Å². The number of piperazine rings is 1. The Morgan fingerprint density at radius 2 is 1.77 bits per heavy atom. The molecule has 1 saturated heterocycles. The van der Waals surface area contributed by atoms with Gasteiger partial charge in [0.2, 0.25) is 5.91 Å². The number of hydrogen-bond acceptors (Lipinski definition) is 3. The van der Waals surface area contributed by atoms with Crippen molar-refractivity contribution in [3.8, 4) is 0 Å². The third-order valence-electron chi connectivity index (χ3n) is 5.08. The van der Waals surface area contributed by atoms with Crippen molar-refractivity contribution >= 4 is 21.8 Å². The minimum absolute atomic E-state index is 0.0306. The molecule has 22 heavy (non-hydrogen) atoms. The lowest BCUT2D eigenvalue weighted by Crippen LogP contribution is -2.58. The van der Waals surface area contributed by atoms with Gasteiger partial charge in [-0.25, -0.2) is 0 Å². The average Bonchev–Trinajstić information content (AvgIpc) is 2.46. The summed E-state index contributed by atoms with van der Waals surface area (Å²) in [5.74, 6) is 0.0306. The number of nitrogens with zero attached hydrogens (tertiary/aromatic N) is 2. The lowest BCUT2D eigenvalue weighted by atomic mass is 9.90. The minimum atomic E-state index is -0.959. The average molecular weight is 366 g/mol. The maximum atomic E-state index is 12.8. The fraction of sp³-hybridized carbons (Fsp3) is 0.588. The van der Waals surface area contributed by atoms with Crippen LogP contribution in [0.15, 0.2) is 28.7 Å². The molecular weight excluding hydrogens is 342 g/mol. The molecule has 1 amide bonds. The summed E-state index contributed by atoms with van der Waals surface area (Å²) >= 11 is 3.42. The van der Waals surface area contributed by atoms with Gasteiger partial charge in [-0.05, 0) is 37.5 Å². The van der Waals surface area contributed by atoms with Gasteiger partial charge in [-0.3, -0.25) is 9.69 Å². The Bertz CT molecular complexity index is 531. The quantitative estimate of drug-likeness (QED) is 0.893. The number of carbonyl (C=O) groups excluding carboxylic acids is 1. The Morgan fingerprint density at radius 1 is 1.18 bits per heavy atom. The van der Waals surface area contributed by atoms with Gasteiger partial charge in [0.1, 0.15) is 5.54 Å². The second-order valence-corrected chi connectivity index (χ2v) is 7.54. The van der Waals surface area contributed by atoms with Crippen LogP contribution in [0.25, 0.3) is 0 Å². The van der Waals surface area contributed by atoms with Crippen molar-refractivity contribution < 1.29 is 4.79 Å². The molecule has 3 rings (SSSR count). The molecule has 1 aliphatic carbocycles. The van der Waals surface area contributed by atoms with Crippen LogP contribution in [0.3, 0.4) is 0 Å². The molecule has 2 N–H and O–H groups in total. The predicted octanol–water partition coefficient (Wildman–Crippen LogP) is 2.32. The highest BCUT2D eigenvalue weighted by molar-refractivity contribution is 9.10. The van der Waals surface area contributed by atoms with E-state index in [9.17, 15) is 4.79 Å². The molecule has 4 nitrogen and oxygen atoms in total. The highest BCUT2D eigenvalue weighted by Crippen LogP contribution is 2.27. The Balaban J connectivity index is 1.64. The van der Waals surface area contributed by atoms with E-state index in [2.05, 4.69) is 20.8 Å². The summed E-state index contributed by atoms with van der Waals surface area (Å²) < 4.78 is 0.994. The summed E-state index contributed by atoms with van der Waals surface area (Å²) in [6.45, 7) is 5.35. The van der Waals surface area contributed by atoms with Gasteiger partial charge >= 0.3 is 0 Å². The van der Waals surface area contributed by atoms with Crippen molar-refractivity contribution in [2.45, 2.75) is 37.8 Å². The molecule has 0 aromatic heterocycles. The number of halogens is 1. The van der Waals surface area contributed by atoms with E-state index in [1.165, 1.54) is 19.3 Å². The molecule has 1 saturated carbocycles. The van der Waals surface area contributed by atoms with Crippen LogP contribution >= 0.6 is 15.9 Å². The van der Waals surface area contributed by atoms with Gasteiger partial charge in [0, 0.05) is 36.7 Å². The van der Waals surface area contributed by atoms with Crippen molar-refractivity contribution in [2.24, 2.45) is 5.73 Å². The van der Waals surface area contributed by atoms with Crippen LogP contribution in [0.5, 0.6) is 0 Å². The molecule has 1 aromatic rings. The fourth-order valence-electron chi connectivity index (χ4n) is 3.29. The normalized spacial score (nSPS) is 23.0. The number of benzene rings is 1. The van der Waals surface area contributed by atoms with Gasteiger partial charge in [0.05, 0.1) is 0 Å². The highest BCUT2D eigenvalue weighted by atomic mass is 79.9. The summed E-state index contributed by atoms with van der Waals surface area (Å²) in [5.41, 5.74) is 6.28. The predicted molar refractivity (Wildman–Crippen MR) is 91.5 cm³/mol. The molecule has 1 aliphatic heterocycles. The standard InChI is InChI=1S/C17H24BrN3O/c1-17(19,13-5-7-14(18)8-6-13)16(22)21-11-9-20(10-12-21)15-3-2-4-15/h5-8,15H,2-4,9-12,19H2,1H3. The fourth-order valence-corrected chi connectivity index (χ4v) is 3.55. The number of rotatable bonds is 3. The van der Waals surface area contributed by atoms with Crippen molar-refractivity contribution in [3.05, 3.63) is 34.3 Å². The van der Waals surface area contributed by atoms with Gasteiger partial charge in [-0.15, -0.1) is 0 Å². The topological polar surface area (TPSA) is 49.6 Å². The van der Waals surface area contributed by atoms with Crippen LogP contribution in [-0.4, -0.2) is 47.9 Å². The molecule has 0 bridgehead atoms. The Morgan fingerprint density at radius 3 is 2.27 bits per heavy atom. The van der Waals surface area contributed by atoms with E-state index in [1.807, 2.05) is 36.1 Å². The van der Waals surface area contributed by atoms with E-state index in [4.69, 9.17) is 5.73 Å². The lowest BCUT2D eigenvalue weighted by molar-refractivity contribution is -0.139. The van der Waals surface area contributed by atoms with E-state index in [-0.39, 0.29) is 5.91 Å². The molecule has 120 valence electrons. The largest absolute Gasteiger partial charge is 0.338 e. The van der Waals surface area contributed by atoms with Gasteiger partial charge in [-0.1, -0.05) is 34.5 Å². The molecule has 1 aromatic carbocycles. The first-order valence-electron chi connectivity index (χ1n) is 8.07. The second kappa shape index (κ2) is 6.30. The minimum Gasteiger partial charge on any atom is -0.338 e. The van der Waals surface area contributed by atoms with E-state index >= 15 is 0 Å². The first-order valence-corrected chi connectivity index (χ1v) is 8.86. The molecular formula is C17H24BrN3O. The molecule has 0 radical (unpaired) electrons. The zero-order valence-electron chi connectivity index (χ0n) is 13.1. The molecule has 1 unspecified atom stereocenters. The molecule has 0 spiro atoms. The van der Waals surface area contributed by atoms with Crippen LogP contribution in [0, 0.1) is 0 Å². The number of nitrogens with two attached hydrogens (primary N) is 1. The lowest BCUT2D eigenvalue weighted by Gasteiger charge is -2.44. The maximum Gasteiger partial charge on any atom is 0.247 e. The smallest absolute Gasteiger partial charge is 0.247 e. The molecule has 2 aliphatic rings.